The van der Waals surface area contributed by atoms with Crippen molar-refractivity contribution >= 4 is 38.7 Å². The number of hydrogen-bond donors (Lipinski definition) is 1. The molecule has 0 fully saturated rings. The summed E-state index contributed by atoms with van der Waals surface area (Å²) in [6.45, 7) is 2.04. The maximum absolute atomic E-state index is 11.5. The van der Waals surface area contributed by atoms with E-state index in [-0.39, 0.29) is 0 Å². The lowest BCUT2D eigenvalue weighted by atomic mass is 9.97. The van der Waals surface area contributed by atoms with Gasteiger partial charge in [-0.05, 0) is 54.7 Å². The topological polar surface area (TPSA) is 59.1 Å². The van der Waals surface area contributed by atoms with Gasteiger partial charge in [-0.2, -0.15) is 0 Å². The number of sulfonamides is 1. The van der Waals surface area contributed by atoms with E-state index in [1.807, 2.05) is 25.1 Å². The van der Waals surface area contributed by atoms with E-state index in [1.165, 1.54) is 16.0 Å². The van der Waals surface area contributed by atoms with Crippen LogP contribution in [0.3, 0.4) is 0 Å². The van der Waals surface area contributed by atoms with Gasteiger partial charge in [0, 0.05) is 11.3 Å². The maximum Gasteiger partial charge on any atom is 0.229 e. The van der Waals surface area contributed by atoms with Gasteiger partial charge in [-0.25, -0.2) is 13.4 Å². The minimum Gasteiger partial charge on any atom is -0.284 e. The highest BCUT2D eigenvalue weighted by Crippen LogP contribution is 2.38. The van der Waals surface area contributed by atoms with Crippen molar-refractivity contribution in [2.75, 3.05) is 11.0 Å². The second-order valence-corrected chi connectivity index (χ2v) is 9.68. The molecule has 1 aliphatic rings. The Hall–Kier alpha value is -2.44. The van der Waals surface area contributed by atoms with Gasteiger partial charge in [0.2, 0.25) is 10.0 Å². The monoisotopic (exact) mass is 396 g/mol. The molecule has 0 amide bonds. The summed E-state index contributed by atoms with van der Waals surface area (Å²) in [4.78, 5) is 5.95. The van der Waals surface area contributed by atoms with Crippen LogP contribution in [0.1, 0.15) is 32.3 Å². The zero-order valence-corrected chi connectivity index (χ0v) is 16.8. The average Bonchev–Trinajstić information content (AvgIpc) is 2.91. The first kappa shape index (κ1) is 17.9. The van der Waals surface area contributed by atoms with Gasteiger partial charge in [0.05, 0.1) is 21.8 Å². The number of rotatable bonds is 3. The Morgan fingerprint density at radius 2 is 1.93 bits per heavy atom. The van der Waals surface area contributed by atoms with Gasteiger partial charge in [0.15, 0.2) is 0 Å². The highest BCUT2D eigenvalue weighted by atomic mass is 32.2. The zero-order chi connectivity index (χ0) is 19.0. The summed E-state index contributed by atoms with van der Waals surface area (Å²) >= 11 is 1.72. The van der Waals surface area contributed by atoms with Crippen molar-refractivity contribution < 1.29 is 8.42 Å². The third kappa shape index (κ3) is 3.96. The van der Waals surface area contributed by atoms with Crippen molar-refractivity contribution in [2.45, 2.75) is 19.8 Å². The average molecular weight is 397 g/mol. The number of aryl methyl sites for hydroxylation is 3. The molecule has 2 aromatic carbocycles. The van der Waals surface area contributed by atoms with Crippen LogP contribution >= 0.6 is 11.3 Å². The molecule has 0 bridgehead atoms. The summed E-state index contributed by atoms with van der Waals surface area (Å²) in [5.74, 6) is 0. The first-order valence-corrected chi connectivity index (χ1v) is 11.4. The van der Waals surface area contributed by atoms with Gasteiger partial charge >= 0.3 is 0 Å². The molecular weight excluding hydrogens is 376 g/mol. The highest BCUT2D eigenvalue weighted by molar-refractivity contribution is 7.92. The summed E-state index contributed by atoms with van der Waals surface area (Å²) in [5, 5.41) is 1.07. The second-order valence-electron chi connectivity index (χ2n) is 6.72. The molecule has 4 rings (SSSR count). The van der Waals surface area contributed by atoms with E-state index in [0.29, 0.717) is 5.69 Å². The first-order valence-electron chi connectivity index (χ1n) is 8.73. The predicted molar refractivity (Wildman–Crippen MR) is 113 cm³/mol. The van der Waals surface area contributed by atoms with E-state index < -0.39 is 10.0 Å². The highest BCUT2D eigenvalue weighted by Gasteiger charge is 2.21. The Morgan fingerprint density at radius 3 is 2.74 bits per heavy atom. The second kappa shape index (κ2) is 6.94. The third-order valence-electron chi connectivity index (χ3n) is 4.49. The van der Waals surface area contributed by atoms with Crippen molar-refractivity contribution in [2.24, 2.45) is 0 Å². The quantitative estimate of drug-likeness (QED) is 0.709. The fraction of sp³-hybridized carbons (Fsp3) is 0.190. The lowest BCUT2D eigenvalue weighted by Gasteiger charge is -2.10. The van der Waals surface area contributed by atoms with Crippen LogP contribution in [-0.2, 0) is 22.9 Å². The molecule has 1 aliphatic carbocycles. The van der Waals surface area contributed by atoms with Crippen LogP contribution in [0, 0.1) is 6.92 Å². The molecule has 0 aliphatic heterocycles. The number of fused-ring (bicyclic) bond motifs is 2. The molecule has 3 aromatic rings. The standard InChI is InChI=1S/C21H20N2O2S2/c1-14-22-20-11-10-16-7-3-4-9-18(16)19(21(20)26-14)13-15-6-5-8-17(12-15)23-27(2,24)25/h3-9,12-13,23H,10-11H2,1-2H3/b19-13-. The molecule has 0 unspecified atom stereocenters. The molecule has 4 nitrogen and oxygen atoms in total. The molecule has 0 radical (unpaired) electrons. The number of aromatic nitrogens is 1. The maximum atomic E-state index is 11.5. The fourth-order valence-electron chi connectivity index (χ4n) is 3.44. The van der Waals surface area contributed by atoms with Crippen LogP contribution in [0.2, 0.25) is 0 Å². The van der Waals surface area contributed by atoms with Gasteiger partial charge in [-0.1, -0.05) is 36.4 Å². The van der Waals surface area contributed by atoms with Crippen LogP contribution in [0.4, 0.5) is 5.69 Å². The molecule has 1 aromatic heterocycles. The number of thiazole rings is 1. The molecule has 6 heteroatoms. The number of anilines is 1. The van der Waals surface area contributed by atoms with Crippen LogP contribution in [0.25, 0.3) is 11.6 Å². The Bertz CT molecular complexity index is 1140. The number of benzene rings is 2. The molecule has 1 heterocycles. The van der Waals surface area contributed by atoms with Crippen molar-refractivity contribution in [3.05, 3.63) is 80.8 Å². The number of nitrogens with zero attached hydrogens (tertiary/aromatic N) is 1. The van der Waals surface area contributed by atoms with E-state index in [0.717, 1.165) is 40.9 Å². The van der Waals surface area contributed by atoms with Crippen LogP contribution in [0.15, 0.2) is 48.5 Å². The molecule has 0 saturated carbocycles. The summed E-state index contributed by atoms with van der Waals surface area (Å²) in [5.41, 5.74) is 6.35. The molecule has 1 N–H and O–H groups in total. The van der Waals surface area contributed by atoms with Crippen molar-refractivity contribution in [1.82, 2.24) is 4.98 Å². The van der Waals surface area contributed by atoms with Crippen LogP contribution < -0.4 is 4.72 Å². The van der Waals surface area contributed by atoms with Gasteiger partial charge in [-0.3, -0.25) is 4.72 Å². The Labute approximate surface area is 163 Å². The van der Waals surface area contributed by atoms with Crippen molar-refractivity contribution in [3.8, 4) is 0 Å². The van der Waals surface area contributed by atoms with E-state index >= 15 is 0 Å². The normalized spacial score (nSPS) is 15.1. The largest absolute Gasteiger partial charge is 0.284 e. The van der Waals surface area contributed by atoms with Crippen LogP contribution in [-0.4, -0.2) is 19.7 Å². The summed E-state index contributed by atoms with van der Waals surface area (Å²) in [6.07, 6.45) is 5.20. The molecule has 0 atom stereocenters. The smallest absolute Gasteiger partial charge is 0.229 e. The summed E-state index contributed by atoms with van der Waals surface area (Å²) in [6, 6.07) is 15.9. The zero-order valence-electron chi connectivity index (χ0n) is 15.2. The van der Waals surface area contributed by atoms with Gasteiger partial charge in [-0.15, -0.1) is 11.3 Å². The number of hydrogen-bond acceptors (Lipinski definition) is 4. The van der Waals surface area contributed by atoms with E-state index in [9.17, 15) is 8.42 Å². The Kier molecular flexibility index (Phi) is 4.61. The number of nitrogens with one attached hydrogen (secondary N) is 1. The Morgan fingerprint density at radius 1 is 1.11 bits per heavy atom. The molecule has 138 valence electrons. The fourth-order valence-corrected chi connectivity index (χ4v) is 4.99. The molecule has 27 heavy (non-hydrogen) atoms. The summed E-state index contributed by atoms with van der Waals surface area (Å²) < 4.78 is 25.6. The lowest BCUT2D eigenvalue weighted by Crippen LogP contribution is -2.09. The third-order valence-corrected chi connectivity index (χ3v) is 6.14. The van der Waals surface area contributed by atoms with E-state index in [1.54, 1.807) is 17.4 Å². The van der Waals surface area contributed by atoms with Gasteiger partial charge in [0.25, 0.3) is 0 Å². The summed E-state index contributed by atoms with van der Waals surface area (Å²) in [7, 11) is -3.31. The molecule has 0 spiro atoms. The van der Waals surface area contributed by atoms with Crippen LogP contribution in [0.5, 0.6) is 0 Å². The minimum absolute atomic E-state index is 0.564. The minimum atomic E-state index is -3.31. The van der Waals surface area contributed by atoms with Crippen molar-refractivity contribution in [3.63, 3.8) is 0 Å². The lowest BCUT2D eigenvalue weighted by molar-refractivity contribution is 0.607. The predicted octanol–water partition coefficient (Wildman–Crippen LogP) is 4.51. The van der Waals surface area contributed by atoms with E-state index in [2.05, 4.69) is 35.1 Å². The molecular formula is C21H20N2O2S2. The molecule has 0 saturated heterocycles. The van der Waals surface area contributed by atoms with E-state index in [4.69, 9.17) is 4.98 Å². The Balaban J connectivity index is 1.86. The van der Waals surface area contributed by atoms with Gasteiger partial charge < -0.3 is 0 Å². The van der Waals surface area contributed by atoms with Crippen molar-refractivity contribution in [1.29, 1.82) is 0 Å². The first-order chi connectivity index (χ1) is 12.9. The SMILES string of the molecule is Cc1nc2c(s1)/C(=C\c1cccc(NS(C)(=O)=O)c1)c1ccccc1CC2. The van der Waals surface area contributed by atoms with Gasteiger partial charge in [0.1, 0.15) is 0 Å².